The van der Waals surface area contributed by atoms with Crippen molar-refractivity contribution >= 4 is 18.0 Å². The molecule has 1 fully saturated rings. The van der Waals surface area contributed by atoms with Crippen LogP contribution in [0.2, 0.25) is 0 Å². The summed E-state index contributed by atoms with van der Waals surface area (Å²) in [7, 11) is 0. The number of carbonyl (C=O) groups is 2. The van der Waals surface area contributed by atoms with E-state index in [2.05, 4.69) is 5.32 Å². The minimum Gasteiger partial charge on any atom is -0.451 e. The molecule has 0 heterocycles. The number of benzene rings is 1. The lowest BCUT2D eigenvalue weighted by atomic mass is 10.1. The summed E-state index contributed by atoms with van der Waals surface area (Å²) in [6, 6.07) is 9.40. The Kier molecular flexibility index (Phi) is 5.93. The number of nitriles is 1. The predicted octanol–water partition coefficient (Wildman–Crippen LogP) is 2.50. The molecule has 0 aromatic heterocycles. The molecule has 0 unspecified atom stereocenters. The van der Waals surface area contributed by atoms with Crippen molar-refractivity contribution in [1.82, 2.24) is 5.32 Å². The molecule has 0 atom stereocenters. The first-order chi connectivity index (χ1) is 11.1. The Labute approximate surface area is 135 Å². The van der Waals surface area contributed by atoms with Crippen LogP contribution in [0.4, 0.5) is 0 Å². The third-order valence-electron chi connectivity index (χ3n) is 3.78. The zero-order valence-electron chi connectivity index (χ0n) is 13.2. The maximum atomic E-state index is 11.9. The molecular weight excluding hydrogens is 292 g/mol. The molecule has 1 saturated carbocycles. The molecule has 1 aromatic rings. The molecular formula is C18H20N2O3. The molecule has 1 aliphatic carbocycles. The molecule has 0 saturated heterocycles. The van der Waals surface area contributed by atoms with Gasteiger partial charge in [0.15, 0.2) is 6.61 Å². The van der Waals surface area contributed by atoms with Gasteiger partial charge in [0.05, 0.1) is 0 Å². The van der Waals surface area contributed by atoms with Gasteiger partial charge in [0.25, 0.3) is 5.91 Å². The van der Waals surface area contributed by atoms with E-state index in [1.54, 1.807) is 0 Å². The summed E-state index contributed by atoms with van der Waals surface area (Å²) in [5.41, 5.74) is 1.70. The van der Waals surface area contributed by atoms with Gasteiger partial charge in [-0.3, -0.25) is 4.79 Å². The van der Waals surface area contributed by atoms with Gasteiger partial charge in [-0.15, -0.1) is 0 Å². The van der Waals surface area contributed by atoms with Gasteiger partial charge in [0.2, 0.25) is 0 Å². The predicted molar refractivity (Wildman–Crippen MR) is 86.1 cm³/mol. The van der Waals surface area contributed by atoms with Crippen molar-refractivity contribution in [2.45, 2.75) is 38.6 Å². The molecule has 1 aliphatic rings. The molecule has 23 heavy (non-hydrogen) atoms. The maximum absolute atomic E-state index is 11.9. The lowest BCUT2D eigenvalue weighted by Gasteiger charge is -2.11. The van der Waals surface area contributed by atoms with E-state index >= 15 is 0 Å². The number of rotatable bonds is 5. The fraction of sp³-hybridized carbons (Fsp3) is 0.389. The standard InChI is InChI=1S/C18H20N2O3/c1-13-6-8-14(9-7-13)10-15(11-19)18(22)23-12-17(21)20-16-4-2-3-5-16/h6-10,16H,2-5,12H2,1H3,(H,20,21)/b15-10+. The molecule has 0 spiro atoms. The number of aryl methyl sites for hydroxylation is 1. The van der Waals surface area contributed by atoms with Crippen LogP contribution < -0.4 is 5.32 Å². The molecule has 0 bridgehead atoms. The number of hydrogen-bond acceptors (Lipinski definition) is 4. The van der Waals surface area contributed by atoms with Crippen molar-refractivity contribution < 1.29 is 14.3 Å². The number of esters is 1. The van der Waals surface area contributed by atoms with E-state index in [0.29, 0.717) is 0 Å². The lowest BCUT2D eigenvalue weighted by Crippen LogP contribution is -2.36. The van der Waals surface area contributed by atoms with Crippen LogP contribution in [0.5, 0.6) is 0 Å². The van der Waals surface area contributed by atoms with Crippen LogP contribution in [0, 0.1) is 18.3 Å². The molecule has 1 aromatic carbocycles. The first kappa shape index (κ1) is 16.8. The average molecular weight is 312 g/mol. The maximum Gasteiger partial charge on any atom is 0.349 e. The van der Waals surface area contributed by atoms with Gasteiger partial charge in [-0.2, -0.15) is 5.26 Å². The third kappa shape index (κ3) is 5.26. The van der Waals surface area contributed by atoms with Gasteiger partial charge in [-0.25, -0.2) is 4.79 Å². The van der Waals surface area contributed by atoms with E-state index < -0.39 is 5.97 Å². The van der Waals surface area contributed by atoms with Crippen molar-refractivity contribution in [1.29, 1.82) is 5.26 Å². The molecule has 0 aliphatic heterocycles. The number of nitrogens with zero attached hydrogens (tertiary/aromatic N) is 1. The highest BCUT2D eigenvalue weighted by atomic mass is 16.5. The third-order valence-corrected chi connectivity index (χ3v) is 3.78. The fourth-order valence-electron chi connectivity index (χ4n) is 2.51. The van der Waals surface area contributed by atoms with Crippen LogP contribution >= 0.6 is 0 Å². The Balaban J connectivity index is 1.88. The molecule has 2 rings (SSSR count). The van der Waals surface area contributed by atoms with Crippen molar-refractivity contribution in [3.8, 4) is 6.07 Å². The van der Waals surface area contributed by atoms with Crippen LogP contribution in [-0.2, 0) is 14.3 Å². The molecule has 5 heteroatoms. The second-order valence-corrected chi connectivity index (χ2v) is 5.71. The van der Waals surface area contributed by atoms with Gasteiger partial charge in [0.1, 0.15) is 11.6 Å². The highest BCUT2D eigenvalue weighted by molar-refractivity contribution is 5.98. The zero-order chi connectivity index (χ0) is 16.7. The van der Waals surface area contributed by atoms with Crippen molar-refractivity contribution in [3.05, 3.63) is 41.0 Å². The number of nitrogens with one attached hydrogen (secondary N) is 1. The van der Waals surface area contributed by atoms with Crippen LogP contribution in [0.25, 0.3) is 6.08 Å². The lowest BCUT2D eigenvalue weighted by molar-refractivity contribution is -0.144. The summed E-state index contributed by atoms with van der Waals surface area (Å²) in [5, 5.41) is 11.9. The van der Waals surface area contributed by atoms with E-state index in [-0.39, 0.29) is 24.1 Å². The van der Waals surface area contributed by atoms with Crippen molar-refractivity contribution in [3.63, 3.8) is 0 Å². The normalized spacial score (nSPS) is 15.0. The van der Waals surface area contributed by atoms with E-state index in [1.807, 2.05) is 37.3 Å². The molecule has 1 amide bonds. The average Bonchev–Trinajstić information content (AvgIpc) is 3.05. The highest BCUT2D eigenvalue weighted by Gasteiger charge is 2.18. The van der Waals surface area contributed by atoms with Crippen LogP contribution in [0.3, 0.4) is 0 Å². The Morgan fingerprint density at radius 1 is 1.30 bits per heavy atom. The van der Waals surface area contributed by atoms with E-state index in [1.165, 1.54) is 6.08 Å². The first-order valence-corrected chi connectivity index (χ1v) is 7.73. The van der Waals surface area contributed by atoms with Crippen LogP contribution in [0.15, 0.2) is 29.8 Å². The second kappa shape index (κ2) is 8.14. The van der Waals surface area contributed by atoms with Crippen molar-refractivity contribution in [2.24, 2.45) is 0 Å². The summed E-state index contributed by atoms with van der Waals surface area (Å²) in [6.07, 6.45) is 5.62. The minimum absolute atomic E-state index is 0.123. The van der Waals surface area contributed by atoms with Crippen LogP contribution in [0.1, 0.15) is 36.8 Å². The molecule has 5 nitrogen and oxygen atoms in total. The summed E-state index contributed by atoms with van der Waals surface area (Å²) in [5.74, 6) is -1.10. The summed E-state index contributed by atoms with van der Waals surface area (Å²) in [6.45, 7) is 1.60. The second-order valence-electron chi connectivity index (χ2n) is 5.71. The zero-order valence-corrected chi connectivity index (χ0v) is 13.2. The molecule has 120 valence electrons. The highest BCUT2D eigenvalue weighted by Crippen LogP contribution is 2.17. The summed E-state index contributed by atoms with van der Waals surface area (Å²) >= 11 is 0. The Morgan fingerprint density at radius 3 is 2.57 bits per heavy atom. The van der Waals surface area contributed by atoms with Gasteiger partial charge in [0, 0.05) is 6.04 Å². The number of ether oxygens (including phenoxy) is 1. The quantitative estimate of drug-likeness (QED) is 0.515. The summed E-state index contributed by atoms with van der Waals surface area (Å²) < 4.78 is 4.92. The first-order valence-electron chi connectivity index (χ1n) is 7.73. The SMILES string of the molecule is Cc1ccc(/C=C(\C#N)C(=O)OCC(=O)NC2CCCC2)cc1. The largest absolute Gasteiger partial charge is 0.451 e. The minimum atomic E-state index is -0.783. The van der Waals surface area contributed by atoms with E-state index in [9.17, 15) is 9.59 Å². The van der Waals surface area contributed by atoms with Crippen molar-refractivity contribution in [2.75, 3.05) is 6.61 Å². The van der Waals surface area contributed by atoms with Gasteiger partial charge in [-0.1, -0.05) is 42.7 Å². The van der Waals surface area contributed by atoms with Gasteiger partial charge in [-0.05, 0) is 31.4 Å². The number of amides is 1. The van der Waals surface area contributed by atoms with Crippen LogP contribution in [-0.4, -0.2) is 24.5 Å². The smallest absolute Gasteiger partial charge is 0.349 e. The van der Waals surface area contributed by atoms with Gasteiger partial charge < -0.3 is 10.1 Å². The molecule has 0 radical (unpaired) electrons. The Bertz CT molecular complexity index is 635. The Hall–Kier alpha value is -2.61. The monoisotopic (exact) mass is 312 g/mol. The Morgan fingerprint density at radius 2 is 1.96 bits per heavy atom. The summed E-state index contributed by atoms with van der Waals surface area (Å²) in [4.78, 5) is 23.6. The number of hydrogen-bond donors (Lipinski definition) is 1. The topological polar surface area (TPSA) is 79.2 Å². The van der Waals surface area contributed by atoms with Gasteiger partial charge >= 0.3 is 5.97 Å². The van der Waals surface area contributed by atoms with E-state index in [4.69, 9.17) is 10.00 Å². The number of carbonyl (C=O) groups excluding carboxylic acids is 2. The fourth-order valence-corrected chi connectivity index (χ4v) is 2.51. The van der Waals surface area contributed by atoms with E-state index in [0.717, 1.165) is 36.8 Å². The molecule has 1 N–H and O–H groups in total.